The normalized spacial score (nSPS) is 10.9. The number of amides is 1. The van der Waals surface area contributed by atoms with Crippen LogP contribution in [0.5, 0.6) is 0 Å². The van der Waals surface area contributed by atoms with Gasteiger partial charge in [-0.05, 0) is 26.8 Å². The minimum atomic E-state index is -0.564. The van der Waals surface area contributed by atoms with Crippen LogP contribution in [0.3, 0.4) is 0 Å². The first kappa shape index (κ1) is 20.5. The molecule has 0 N–H and O–H groups in total. The predicted octanol–water partition coefficient (Wildman–Crippen LogP) is 4.66. The molecule has 0 spiro atoms. The van der Waals surface area contributed by atoms with E-state index in [2.05, 4.69) is 10.1 Å². The Kier molecular flexibility index (Phi) is 5.93. The van der Waals surface area contributed by atoms with Crippen LogP contribution in [0.25, 0.3) is 11.4 Å². The molecule has 0 radical (unpaired) electrons. The Labute approximate surface area is 172 Å². The molecule has 0 bridgehead atoms. The van der Waals surface area contributed by atoms with E-state index >= 15 is 0 Å². The largest absolute Gasteiger partial charge is 0.337 e. The van der Waals surface area contributed by atoms with Crippen molar-refractivity contribution >= 4 is 23.2 Å². The van der Waals surface area contributed by atoms with Crippen LogP contribution in [0.2, 0.25) is 5.02 Å². The Morgan fingerprint density at radius 3 is 2.52 bits per heavy atom. The van der Waals surface area contributed by atoms with Crippen molar-refractivity contribution in [1.29, 1.82) is 0 Å². The molecule has 0 atom stereocenters. The van der Waals surface area contributed by atoms with E-state index in [9.17, 15) is 14.9 Å². The van der Waals surface area contributed by atoms with Gasteiger partial charge in [0.25, 0.3) is 11.6 Å². The molecule has 150 valence electrons. The minimum absolute atomic E-state index is 0.0146. The average Bonchev–Trinajstić information content (AvgIpc) is 3.14. The second-order valence-electron chi connectivity index (χ2n) is 6.83. The number of hydrogen-bond donors (Lipinski definition) is 0. The lowest BCUT2D eigenvalue weighted by Crippen LogP contribution is -2.36. The smallest absolute Gasteiger partial charge is 0.270 e. The first-order valence-corrected chi connectivity index (χ1v) is 9.28. The summed E-state index contributed by atoms with van der Waals surface area (Å²) in [6.07, 6.45) is 0. The molecule has 0 fully saturated rings. The van der Waals surface area contributed by atoms with E-state index in [1.165, 1.54) is 17.0 Å². The third-order valence-corrected chi connectivity index (χ3v) is 4.67. The number of halogens is 1. The second-order valence-corrected chi connectivity index (χ2v) is 7.23. The fourth-order valence-corrected chi connectivity index (χ4v) is 2.97. The van der Waals surface area contributed by atoms with Crippen LogP contribution in [0.4, 0.5) is 5.69 Å². The Hall–Kier alpha value is -3.26. The van der Waals surface area contributed by atoms with Crippen LogP contribution in [-0.2, 0) is 6.54 Å². The summed E-state index contributed by atoms with van der Waals surface area (Å²) in [5.41, 5.74) is 1.92. The molecule has 29 heavy (non-hydrogen) atoms. The summed E-state index contributed by atoms with van der Waals surface area (Å²) < 4.78 is 5.32. The van der Waals surface area contributed by atoms with Crippen molar-refractivity contribution in [3.8, 4) is 11.4 Å². The Morgan fingerprint density at radius 2 is 1.93 bits per heavy atom. The zero-order valence-electron chi connectivity index (χ0n) is 16.1. The number of hydrogen-bond acceptors (Lipinski definition) is 6. The number of carbonyl (C=O) groups excluding carboxylic acids is 1. The molecule has 0 aliphatic heterocycles. The van der Waals surface area contributed by atoms with E-state index in [1.807, 2.05) is 45.0 Å². The molecule has 0 unspecified atom stereocenters. The number of non-ortho nitro benzene ring substituents is 1. The fourth-order valence-electron chi connectivity index (χ4n) is 2.72. The number of carbonyl (C=O) groups is 1. The first-order valence-electron chi connectivity index (χ1n) is 8.91. The molecule has 0 saturated heterocycles. The lowest BCUT2D eigenvalue weighted by atomic mass is 10.1. The SMILES string of the molecule is Cc1ccc(-c2noc(CN(C(=O)c3ccc([N+](=O)[O-])cc3Cl)C(C)C)n2)cc1. The summed E-state index contributed by atoms with van der Waals surface area (Å²) in [7, 11) is 0. The van der Waals surface area contributed by atoms with Crippen molar-refractivity contribution in [3.63, 3.8) is 0 Å². The van der Waals surface area contributed by atoms with Gasteiger partial charge >= 0.3 is 0 Å². The van der Waals surface area contributed by atoms with Crippen LogP contribution >= 0.6 is 11.6 Å². The van der Waals surface area contributed by atoms with Crippen LogP contribution in [0.1, 0.15) is 35.7 Å². The molecule has 0 saturated carbocycles. The number of aromatic nitrogens is 2. The van der Waals surface area contributed by atoms with Gasteiger partial charge in [-0.25, -0.2) is 0 Å². The van der Waals surface area contributed by atoms with E-state index in [0.717, 1.165) is 17.2 Å². The lowest BCUT2D eigenvalue weighted by Gasteiger charge is -2.25. The van der Waals surface area contributed by atoms with Crippen molar-refractivity contribution in [2.45, 2.75) is 33.4 Å². The third kappa shape index (κ3) is 4.60. The van der Waals surface area contributed by atoms with E-state index < -0.39 is 4.92 Å². The van der Waals surface area contributed by atoms with Gasteiger partial charge in [0.2, 0.25) is 11.7 Å². The summed E-state index contributed by atoms with van der Waals surface area (Å²) in [5, 5.41) is 14.9. The number of nitrogens with zero attached hydrogens (tertiary/aromatic N) is 4. The molecule has 3 rings (SSSR count). The summed E-state index contributed by atoms with van der Waals surface area (Å²) in [6.45, 7) is 5.76. The quantitative estimate of drug-likeness (QED) is 0.429. The molecule has 1 heterocycles. The molecule has 8 nitrogen and oxygen atoms in total. The molecule has 2 aromatic carbocycles. The molecule has 1 aromatic heterocycles. The lowest BCUT2D eigenvalue weighted by molar-refractivity contribution is -0.384. The highest BCUT2D eigenvalue weighted by molar-refractivity contribution is 6.34. The molecular formula is C20H19ClN4O4. The van der Waals surface area contributed by atoms with Crippen molar-refractivity contribution in [3.05, 3.63) is 74.6 Å². The Bertz CT molecular complexity index is 1050. The van der Waals surface area contributed by atoms with E-state index in [0.29, 0.717) is 5.82 Å². The second kappa shape index (κ2) is 8.40. The number of aryl methyl sites for hydroxylation is 1. The van der Waals surface area contributed by atoms with Crippen molar-refractivity contribution in [1.82, 2.24) is 15.0 Å². The van der Waals surface area contributed by atoms with Crippen LogP contribution in [-0.4, -0.2) is 31.9 Å². The van der Waals surface area contributed by atoms with E-state index in [4.69, 9.17) is 16.1 Å². The molecule has 0 aliphatic rings. The maximum absolute atomic E-state index is 13.0. The van der Waals surface area contributed by atoms with Gasteiger partial charge in [-0.15, -0.1) is 0 Å². The zero-order valence-corrected chi connectivity index (χ0v) is 16.9. The van der Waals surface area contributed by atoms with E-state index in [1.54, 1.807) is 0 Å². The maximum atomic E-state index is 13.0. The molecule has 1 amide bonds. The summed E-state index contributed by atoms with van der Waals surface area (Å²) in [4.78, 5) is 29.2. The number of benzene rings is 2. The van der Waals surface area contributed by atoms with Gasteiger partial charge in [-0.1, -0.05) is 46.6 Å². The van der Waals surface area contributed by atoms with Gasteiger partial charge < -0.3 is 9.42 Å². The molecular weight excluding hydrogens is 396 g/mol. The number of nitro groups is 1. The summed E-state index contributed by atoms with van der Waals surface area (Å²) in [5.74, 6) is 0.333. The highest BCUT2D eigenvalue weighted by Crippen LogP contribution is 2.25. The van der Waals surface area contributed by atoms with Crippen LogP contribution < -0.4 is 0 Å². The summed E-state index contributed by atoms with van der Waals surface area (Å²) in [6, 6.07) is 11.3. The molecule has 3 aromatic rings. The predicted molar refractivity (Wildman–Crippen MR) is 108 cm³/mol. The van der Waals surface area contributed by atoms with Gasteiger partial charge in [0.05, 0.1) is 15.5 Å². The highest BCUT2D eigenvalue weighted by atomic mass is 35.5. The molecule has 9 heteroatoms. The monoisotopic (exact) mass is 414 g/mol. The topological polar surface area (TPSA) is 102 Å². The standard InChI is InChI=1S/C20H19ClN4O4/c1-12(2)24(20(26)16-9-8-15(25(27)28)10-17(16)21)11-18-22-19(23-29-18)14-6-4-13(3)5-7-14/h4-10,12H,11H2,1-3H3. The highest BCUT2D eigenvalue weighted by Gasteiger charge is 2.25. The fraction of sp³-hybridized carbons (Fsp3) is 0.250. The zero-order chi connectivity index (χ0) is 21.1. The van der Waals surface area contributed by atoms with Crippen molar-refractivity contribution in [2.75, 3.05) is 0 Å². The third-order valence-electron chi connectivity index (χ3n) is 4.36. The van der Waals surface area contributed by atoms with Gasteiger partial charge in [0.15, 0.2) is 0 Å². The van der Waals surface area contributed by atoms with Gasteiger partial charge in [-0.3, -0.25) is 14.9 Å². The van der Waals surface area contributed by atoms with E-state index in [-0.39, 0.29) is 40.7 Å². The molecule has 0 aliphatic carbocycles. The van der Waals surface area contributed by atoms with Gasteiger partial charge in [-0.2, -0.15) is 4.98 Å². The van der Waals surface area contributed by atoms with Crippen LogP contribution in [0.15, 0.2) is 47.0 Å². The van der Waals surface area contributed by atoms with Crippen molar-refractivity contribution in [2.24, 2.45) is 0 Å². The summed E-state index contributed by atoms with van der Waals surface area (Å²) >= 11 is 6.11. The minimum Gasteiger partial charge on any atom is -0.337 e. The van der Waals surface area contributed by atoms with Gasteiger partial charge in [0.1, 0.15) is 6.54 Å². The van der Waals surface area contributed by atoms with Crippen LogP contribution in [0, 0.1) is 17.0 Å². The Morgan fingerprint density at radius 1 is 1.24 bits per heavy atom. The van der Waals surface area contributed by atoms with Gasteiger partial charge in [0, 0.05) is 23.7 Å². The number of rotatable bonds is 6. The number of nitro benzene ring substituents is 1. The first-order chi connectivity index (χ1) is 13.8. The average molecular weight is 415 g/mol. The maximum Gasteiger partial charge on any atom is 0.270 e. The van der Waals surface area contributed by atoms with Crippen molar-refractivity contribution < 1.29 is 14.2 Å². The Balaban J connectivity index is 1.83.